The molecule has 2 aromatic carbocycles. The molecule has 0 amide bonds. The molecule has 0 unspecified atom stereocenters. The topological polar surface area (TPSA) is 69.0 Å². The van der Waals surface area contributed by atoms with Gasteiger partial charge in [0.2, 0.25) is 5.95 Å². The van der Waals surface area contributed by atoms with Gasteiger partial charge < -0.3 is 10.1 Å². The van der Waals surface area contributed by atoms with E-state index in [2.05, 4.69) is 15.5 Å². The minimum Gasteiger partial charge on any atom is -0.487 e. The van der Waals surface area contributed by atoms with E-state index in [0.717, 1.165) is 5.75 Å². The first-order valence-electron chi connectivity index (χ1n) is 8.52. The zero-order valence-electron chi connectivity index (χ0n) is 15.1. The van der Waals surface area contributed by atoms with Crippen LogP contribution in [0.5, 0.6) is 5.75 Å². The van der Waals surface area contributed by atoms with Crippen LogP contribution in [0.15, 0.2) is 53.3 Å². The third-order valence-electron chi connectivity index (χ3n) is 3.68. The smallest absolute Gasteiger partial charge is 0.281 e. The van der Waals surface area contributed by atoms with E-state index < -0.39 is 0 Å². The molecule has 0 saturated heterocycles. The SMILES string of the molecule is CCSCn1c(Nc2cc(Cl)cc(Cl)c2)nnc(COc2ccccc2)c1=O. The number of anilines is 2. The molecule has 1 N–H and O–H groups in total. The fourth-order valence-electron chi connectivity index (χ4n) is 2.37. The highest BCUT2D eigenvalue weighted by atomic mass is 35.5. The molecule has 0 saturated carbocycles. The molecule has 0 aliphatic rings. The van der Waals surface area contributed by atoms with Crippen LogP contribution < -0.4 is 15.6 Å². The molecule has 1 heterocycles. The maximum absolute atomic E-state index is 12.9. The molecule has 9 heteroatoms. The van der Waals surface area contributed by atoms with Crippen molar-refractivity contribution in [1.82, 2.24) is 14.8 Å². The van der Waals surface area contributed by atoms with Crippen molar-refractivity contribution in [2.24, 2.45) is 0 Å². The van der Waals surface area contributed by atoms with Crippen molar-refractivity contribution < 1.29 is 4.74 Å². The van der Waals surface area contributed by atoms with Crippen LogP contribution >= 0.6 is 35.0 Å². The second-order valence-corrected chi connectivity index (χ2v) is 7.83. The summed E-state index contributed by atoms with van der Waals surface area (Å²) >= 11 is 13.7. The molecule has 0 atom stereocenters. The van der Waals surface area contributed by atoms with Gasteiger partial charge in [0, 0.05) is 15.7 Å². The Bertz CT molecular complexity index is 979. The number of para-hydroxylation sites is 1. The van der Waals surface area contributed by atoms with Crippen molar-refractivity contribution in [2.45, 2.75) is 19.4 Å². The molecular formula is C19H18Cl2N4O2S. The molecule has 146 valence electrons. The molecule has 0 bridgehead atoms. The zero-order valence-corrected chi connectivity index (χ0v) is 17.4. The highest BCUT2D eigenvalue weighted by molar-refractivity contribution is 7.98. The van der Waals surface area contributed by atoms with Crippen LogP contribution in [0.3, 0.4) is 0 Å². The number of nitrogens with one attached hydrogen (secondary N) is 1. The van der Waals surface area contributed by atoms with Crippen LogP contribution in [0.2, 0.25) is 10.0 Å². The van der Waals surface area contributed by atoms with Gasteiger partial charge >= 0.3 is 0 Å². The lowest BCUT2D eigenvalue weighted by molar-refractivity contribution is 0.296. The van der Waals surface area contributed by atoms with Gasteiger partial charge in [-0.05, 0) is 36.1 Å². The van der Waals surface area contributed by atoms with E-state index in [1.165, 1.54) is 4.57 Å². The number of aromatic nitrogens is 3. The Hall–Kier alpha value is -2.22. The number of rotatable bonds is 8. The molecule has 3 aromatic rings. The summed E-state index contributed by atoms with van der Waals surface area (Å²) in [4.78, 5) is 12.9. The highest BCUT2D eigenvalue weighted by Gasteiger charge is 2.14. The van der Waals surface area contributed by atoms with Crippen molar-refractivity contribution in [3.8, 4) is 5.75 Å². The molecule has 0 radical (unpaired) electrons. The van der Waals surface area contributed by atoms with Crippen molar-refractivity contribution in [3.63, 3.8) is 0 Å². The summed E-state index contributed by atoms with van der Waals surface area (Å²) in [5.74, 6) is 2.26. The lowest BCUT2D eigenvalue weighted by atomic mass is 10.3. The van der Waals surface area contributed by atoms with Gasteiger partial charge in [0.05, 0.1) is 5.88 Å². The highest BCUT2D eigenvalue weighted by Crippen LogP contribution is 2.24. The van der Waals surface area contributed by atoms with Gasteiger partial charge in [0.25, 0.3) is 5.56 Å². The second-order valence-electron chi connectivity index (χ2n) is 5.71. The van der Waals surface area contributed by atoms with Crippen molar-refractivity contribution in [1.29, 1.82) is 0 Å². The summed E-state index contributed by atoms with van der Waals surface area (Å²) in [6, 6.07) is 14.3. The molecule has 6 nitrogen and oxygen atoms in total. The molecule has 0 fully saturated rings. The first-order valence-corrected chi connectivity index (χ1v) is 10.4. The Morgan fingerprint density at radius 2 is 1.82 bits per heavy atom. The van der Waals surface area contributed by atoms with Crippen LogP contribution in [0, 0.1) is 0 Å². The van der Waals surface area contributed by atoms with Crippen LogP contribution in [-0.2, 0) is 12.5 Å². The van der Waals surface area contributed by atoms with Crippen molar-refractivity contribution in [2.75, 3.05) is 11.1 Å². The fraction of sp³-hybridized carbons (Fsp3) is 0.211. The van der Waals surface area contributed by atoms with Gasteiger partial charge in [-0.25, -0.2) is 0 Å². The van der Waals surface area contributed by atoms with Crippen molar-refractivity contribution >= 4 is 46.6 Å². The minimum atomic E-state index is -0.262. The molecule has 1 aromatic heterocycles. The van der Waals surface area contributed by atoms with E-state index in [0.29, 0.717) is 33.3 Å². The molecule has 28 heavy (non-hydrogen) atoms. The Labute approximate surface area is 176 Å². The zero-order chi connectivity index (χ0) is 19.9. The average molecular weight is 437 g/mol. The van der Waals surface area contributed by atoms with Gasteiger partial charge in [-0.1, -0.05) is 48.3 Å². The van der Waals surface area contributed by atoms with E-state index in [1.807, 2.05) is 37.3 Å². The predicted molar refractivity (Wildman–Crippen MR) is 115 cm³/mol. The molecule has 3 rings (SSSR count). The number of halogens is 2. The third-order valence-corrected chi connectivity index (χ3v) is 4.96. The maximum atomic E-state index is 12.9. The van der Waals surface area contributed by atoms with Gasteiger partial charge in [0.1, 0.15) is 12.4 Å². The normalized spacial score (nSPS) is 10.7. The van der Waals surface area contributed by atoms with Crippen LogP contribution in [-0.4, -0.2) is 20.5 Å². The van der Waals surface area contributed by atoms with Gasteiger partial charge in [0.15, 0.2) is 5.69 Å². The number of benzene rings is 2. The number of thioether (sulfide) groups is 1. The van der Waals surface area contributed by atoms with Gasteiger partial charge in [-0.3, -0.25) is 9.36 Å². The number of hydrogen-bond donors (Lipinski definition) is 1. The number of hydrogen-bond acceptors (Lipinski definition) is 6. The average Bonchev–Trinajstić information content (AvgIpc) is 2.67. The Balaban J connectivity index is 1.87. The van der Waals surface area contributed by atoms with E-state index in [1.54, 1.807) is 30.0 Å². The van der Waals surface area contributed by atoms with Crippen LogP contribution in [0.4, 0.5) is 11.6 Å². The van der Waals surface area contributed by atoms with Crippen molar-refractivity contribution in [3.05, 3.63) is 74.6 Å². The summed E-state index contributed by atoms with van der Waals surface area (Å²) in [7, 11) is 0. The molecule has 0 aliphatic carbocycles. The maximum Gasteiger partial charge on any atom is 0.281 e. The van der Waals surface area contributed by atoms with Crippen LogP contribution in [0.25, 0.3) is 0 Å². The van der Waals surface area contributed by atoms with E-state index >= 15 is 0 Å². The third kappa shape index (κ3) is 5.41. The summed E-state index contributed by atoms with van der Waals surface area (Å²) in [5, 5.41) is 12.3. The minimum absolute atomic E-state index is 0.0376. The van der Waals surface area contributed by atoms with Gasteiger partial charge in [-0.2, -0.15) is 0 Å². The first kappa shape index (κ1) is 20.5. The lowest BCUT2D eigenvalue weighted by Gasteiger charge is -2.14. The second kappa shape index (κ2) is 9.82. The molecular weight excluding hydrogens is 419 g/mol. The summed E-state index contributed by atoms with van der Waals surface area (Å²) < 4.78 is 7.17. The Kier molecular flexibility index (Phi) is 7.19. The Morgan fingerprint density at radius 1 is 1.11 bits per heavy atom. The summed E-state index contributed by atoms with van der Waals surface area (Å²) in [5.41, 5.74) is 0.590. The van der Waals surface area contributed by atoms with Gasteiger partial charge in [-0.15, -0.1) is 22.0 Å². The predicted octanol–water partition coefficient (Wildman–Crippen LogP) is 4.98. The number of ether oxygens (including phenoxy) is 1. The van der Waals surface area contributed by atoms with E-state index in [-0.39, 0.29) is 17.9 Å². The summed E-state index contributed by atoms with van der Waals surface area (Å²) in [6.45, 7) is 2.06. The fourth-order valence-corrected chi connectivity index (χ4v) is 3.50. The van der Waals surface area contributed by atoms with Crippen LogP contribution in [0.1, 0.15) is 12.6 Å². The largest absolute Gasteiger partial charge is 0.487 e. The van der Waals surface area contributed by atoms with E-state index in [9.17, 15) is 4.79 Å². The standard InChI is InChI=1S/C19H18Cl2N4O2S/c1-2-28-12-25-18(26)17(11-27-16-6-4-3-5-7-16)23-24-19(25)22-15-9-13(20)8-14(21)10-15/h3-10H,2,11-12H2,1H3,(H,22,24). The monoisotopic (exact) mass is 436 g/mol. The molecule has 0 spiro atoms. The summed E-state index contributed by atoms with van der Waals surface area (Å²) in [6.07, 6.45) is 0. The number of nitrogens with zero attached hydrogens (tertiary/aromatic N) is 3. The lowest BCUT2D eigenvalue weighted by Crippen LogP contribution is -2.29. The van der Waals surface area contributed by atoms with E-state index in [4.69, 9.17) is 27.9 Å². The quantitative estimate of drug-likeness (QED) is 0.536. The Morgan fingerprint density at radius 3 is 2.50 bits per heavy atom. The molecule has 0 aliphatic heterocycles. The first-order chi connectivity index (χ1) is 13.6.